The van der Waals surface area contributed by atoms with Crippen molar-refractivity contribution in [1.29, 1.82) is 0 Å². The van der Waals surface area contributed by atoms with Gasteiger partial charge in [0.05, 0.1) is 19.8 Å². The minimum atomic E-state index is -1.06. The summed E-state index contributed by atoms with van der Waals surface area (Å²) in [6.07, 6.45) is -0.00224. The van der Waals surface area contributed by atoms with E-state index in [-0.39, 0.29) is 0 Å². The standard InChI is InChI=1S/C21H32O7/c1-4-5-6-11-24-15-9-7-14(8-10-15)13-25-18-17(16(23)12-22)26-20-19(18)27-21(2,3)28-20/h7-10,16-20,22-23H,4-6,11-13H2,1-3H3/t16-,17+,18-,19+,20+/m1/s1. The van der Waals surface area contributed by atoms with Crippen molar-refractivity contribution in [3.63, 3.8) is 0 Å². The molecule has 0 radical (unpaired) electrons. The molecule has 3 rings (SSSR count). The number of ether oxygens (including phenoxy) is 5. The van der Waals surface area contributed by atoms with Crippen molar-refractivity contribution < 1.29 is 33.9 Å². The second kappa shape index (κ2) is 9.52. The maximum absolute atomic E-state index is 10.1. The van der Waals surface area contributed by atoms with E-state index in [1.165, 1.54) is 12.8 Å². The Morgan fingerprint density at radius 3 is 2.57 bits per heavy atom. The van der Waals surface area contributed by atoms with Crippen molar-refractivity contribution in [3.8, 4) is 5.75 Å². The predicted molar refractivity (Wildman–Crippen MR) is 102 cm³/mol. The van der Waals surface area contributed by atoms with Gasteiger partial charge in [-0.05, 0) is 38.0 Å². The first kappa shape index (κ1) is 21.5. The average Bonchev–Trinajstić information content (AvgIpc) is 3.15. The highest BCUT2D eigenvalue weighted by Crippen LogP contribution is 2.39. The number of aliphatic hydroxyl groups excluding tert-OH is 2. The Hall–Kier alpha value is -1.22. The van der Waals surface area contributed by atoms with Crippen LogP contribution in [0.3, 0.4) is 0 Å². The molecule has 1 aromatic rings. The fourth-order valence-electron chi connectivity index (χ4n) is 3.52. The van der Waals surface area contributed by atoms with E-state index in [1.807, 2.05) is 38.1 Å². The molecule has 0 spiro atoms. The Kier molecular flexibility index (Phi) is 7.31. The summed E-state index contributed by atoms with van der Waals surface area (Å²) in [5.41, 5.74) is 0.972. The molecule has 0 bridgehead atoms. The quantitative estimate of drug-likeness (QED) is 0.587. The van der Waals surface area contributed by atoms with Gasteiger partial charge in [0.1, 0.15) is 30.2 Å². The van der Waals surface area contributed by atoms with E-state index in [2.05, 4.69) is 6.92 Å². The molecule has 0 unspecified atom stereocenters. The first-order chi connectivity index (χ1) is 13.4. The van der Waals surface area contributed by atoms with E-state index in [0.717, 1.165) is 24.3 Å². The third-order valence-electron chi connectivity index (χ3n) is 4.98. The van der Waals surface area contributed by atoms with E-state index in [9.17, 15) is 10.2 Å². The van der Waals surface area contributed by atoms with Crippen molar-refractivity contribution in [2.45, 2.75) is 83.1 Å². The Morgan fingerprint density at radius 2 is 1.89 bits per heavy atom. The zero-order valence-electron chi connectivity index (χ0n) is 16.9. The van der Waals surface area contributed by atoms with E-state index in [1.54, 1.807) is 0 Å². The molecule has 7 nitrogen and oxygen atoms in total. The lowest BCUT2D eigenvalue weighted by atomic mass is 10.1. The Balaban J connectivity index is 1.56. The zero-order valence-corrected chi connectivity index (χ0v) is 16.9. The normalized spacial score (nSPS) is 29.6. The third-order valence-corrected chi connectivity index (χ3v) is 4.98. The Morgan fingerprint density at radius 1 is 1.14 bits per heavy atom. The molecule has 28 heavy (non-hydrogen) atoms. The highest BCUT2D eigenvalue weighted by molar-refractivity contribution is 5.26. The number of fused-ring (bicyclic) bond motifs is 1. The summed E-state index contributed by atoms with van der Waals surface area (Å²) in [6.45, 7) is 6.41. The van der Waals surface area contributed by atoms with Crippen molar-refractivity contribution in [2.75, 3.05) is 13.2 Å². The van der Waals surface area contributed by atoms with Crippen LogP contribution < -0.4 is 4.74 Å². The van der Waals surface area contributed by atoms with Gasteiger partial charge in [0.15, 0.2) is 12.1 Å². The lowest BCUT2D eigenvalue weighted by Crippen LogP contribution is -2.44. The number of rotatable bonds is 10. The van der Waals surface area contributed by atoms with Gasteiger partial charge in [-0.25, -0.2) is 0 Å². The summed E-state index contributed by atoms with van der Waals surface area (Å²) in [6, 6.07) is 7.76. The number of aliphatic hydroxyl groups is 2. The fraction of sp³-hybridized carbons (Fsp3) is 0.714. The minimum Gasteiger partial charge on any atom is -0.494 e. The number of hydrogen-bond donors (Lipinski definition) is 2. The second-order valence-electron chi connectivity index (χ2n) is 7.79. The van der Waals surface area contributed by atoms with Gasteiger partial charge in [-0.2, -0.15) is 0 Å². The monoisotopic (exact) mass is 396 g/mol. The van der Waals surface area contributed by atoms with E-state index >= 15 is 0 Å². The first-order valence-electron chi connectivity index (χ1n) is 10.1. The van der Waals surface area contributed by atoms with Crippen molar-refractivity contribution in [3.05, 3.63) is 29.8 Å². The first-order valence-corrected chi connectivity index (χ1v) is 10.1. The maximum Gasteiger partial charge on any atom is 0.190 e. The molecular weight excluding hydrogens is 364 g/mol. The van der Waals surface area contributed by atoms with Crippen molar-refractivity contribution in [1.82, 2.24) is 0 Å². The van der Waals surface area contributed by atoms with Crippen LogP contribution in [-0.2, 0) is 25.6 Å². The molecule has 1 aromatic carbocycles. The predicted octanol–water partition coefficient (Wildman–Crippen LogP) is 2.37. The molecule has 0 aromatic heterocycles. The van der Waals surface area contributed by atoms with Crippen LogP contribution in [0.2, 0.25) is 0 Å². The Labute approximate surface area is 166 Å². The summed E-state index contributed by atoms with van der Waals surface area (Å²) in [7, 11) is 0. The highest BCUT2D eigenvalue weighted by atomic mass is 16.8. The topological polar surface area (TPSA) is 86.6 Å². The van der Waals surface area contributed by atoms with E-state index in [0.29, 0.717) is 6.61 Å². The van der Waals surface area contributed by atoms with Gasteiger partial charge in [-0.15, -0.1) is 0 Å². The molecule has 158 valence electrons. The molecular formula is C21H32O7. The van der Waals surface area contributed by atoms with Gasteiger partial charge in [0, 0.05) is 0 Å². The van der Waals surface area contributed by atoms with Crippen LogP contribution in [0.15, 0.2) is 24.3 Å². The number of benzene rings is 1. The Bertz CT molecular complexity index is 603. The van der Waals surface area contributed by atoms with Gasteiger partial charge in [-0.1, -0.05) is 31.9 Å². The molecule has 0 amide bonds. The van der Waals surface area contributed by atoms with Crippen LogP contribution in [0.1, 0.15) is 45.6 Å². The lowest BCUT2D eigenvalue weighted by molar-refractivity contribution is -0.232. The van der Waals surface area contributed by atoms with Gasteiger partial charge in [-0.3, -0.25) is 0 Å². The second-order valence-corrected chi connectivity index (χ2v) is 7.79. The molecule has 2 heterocycles. The minimum absolute atomic E-state index is 0.325. The fourth-order valence-corrected chi connectivity index (χ4v) is 3.52. The van der Waals surface area contributed by atoms with Crippen LogP contribution in [0, 0.1) is 0 Å². The zero-order chi connectivity index (χ0) is 20.1. The molecule has 2 saturated heterocycles. The van der Waals surface area contributed by atoms with Gasteiger partial charge in [0.2, 0.25) is 0 Å². The molecule has 7 heteroatoms. The largest absolute Gasteiger partial charge is 0.494 e. The molecule has 5 atom stereocenters. The van der Waals surface area contributed by atoms with Gasteiger partial charge in [0.25, 0.3) is 0 Å². The SMILES string of the molecule is CCCCCOc1ccc(CO[C@H]2[C@@H]3OC(C)(C)O[C@@H]3O[C@H]2[C@H](O)CO)cc1. The van der Waals surface area contributed by atoms with Crippen LogP contribution in [0.5, 0.6) is 5.75 Å². The lowest BCUT2D eigenvalue weighted by Gasteiger charge is -2.28. The van der Waals surface area contributed by atoms with Crippen LogP contribution in [0.4, 0.5) is 0 Å². The number of hydrogen-bond acceptors (Lipinski definition) is 7. The van der Waals surface area contributed by atoms with Crippen molar-refractivity contribution >= 4 is 0 Å². The molecule has 0 aliphatic carbocycles. The number of unbranched alkanes of at least 4 members (excludes halogenated alkanes) is 2. The summed E-state index contributed by atoms with van der Waals surface area (Å²) in [4.78, 5) is 0. The highest BCUT2D eigenvalue weighted by Gasteiger charge is 2.56. The summed E-state index contributed by atoms with van der Waals surface area (Å²) in [5, 5.41) is 19.4. The summed E-state index contributed by atoms with van der Waals surface area (Å²) in [5.74, 6) is 0.0648. The molecule has 2 aliphatic heterocycles. The summed E-state index contributed by atoms with van der Waals surface area (Å²) >= 11 is 0. The van der Waals surface area contributed by atoms with Gasteiger partial charge >= 0.3 is 0 Å². The maximum atomic E-state index is 10.1. The van der Waals surface area contributed by atoms with Crippen LogP contribution in [0.25, 0.3) is 0 Å². The molecule has 0 saturated carbocycles. The smallest absolute Gasteiger partial charge is 0.190 e. The summed E-state index contributed by atoms with van der Waals surface area (Å²) < 4.78 is 29.1. The van der Waals surface area contributed by atoms with Gasteiger partial charge < -0.3 is 33.9 Å². The van der Waals surface area contributed by atoms with E-state index in [4.69, 9.17) is 23.7 Å². The third kappa shape index (κ3) is 5.23. The average molecular weight is 396 g/mol. The molecule has 2 aliphatic rings. The van der Waals surface area contributed by atoms with E-state index < -0.39 is 43.1 Å². The van der Waals surface area contributed by atoms with Crippen LogP contribution in [-0.4, -0.2) is 59.9 Å². The molecule has 2 fully saturated rings. The van der Waals surface area contributed by atoms with Crippen molar-refractivity contribution in [2.24, 2.45) is 0 Å². The van der Waals surface area contributed by atoms with Crippen LogP contribution >= 0.6 is 0 Å². The molecule has 2 N–H and O–H groups in total.